The average molecular weight is 284 g/mol. The van der Waals surface area contributed by atoms with Crippen LogP contribution in [-0.2, 0) is 10.0 Å². The number of likely N-dealkylation sites (N-methyl/N-ethyl adjacent to an activating group) is 1. The standard InChI is InChI=1S/C13H20N2O3S/c1-10(15(2)11-6-7-11)9-14-19(17,18)13-5-3-4-12(16)8-13/h3-5,8,10-11,14,16H,6-7,9H2,1-2H3. The quantitative estimate of drug-likeness (QED) is 0.822. The fraction of sp³-hybridized carbons (Fsp3) is 0.538. The average Bonchev–Trinajstić information content (AvgIpc) is 3.19. The number of hydrogen-bond acceptors (Lipinski definition) is 4. The van der Waals surface area contributed by atoms with E-state index in [9.17, 15) is 13.5 Å². The number of hydrogen-bond donors (Lipinski definition) is 2. The van der Waals surface area contributed by atoms with Crippen molar-refractivity contribution in [3.8, 4) is 5.75 Å². The van der Waals surface area contributed by atoms with Gasteiger partial charge in [-0.25, -0.2) is 13.1 Å². The lowest BCUT2D eigenvalue weighted by Crippen LogP contribution is -2.41. The van der Waals surface area contributed by atoms with Gasteiger partial charge in [0.2, 0.25) is 10.0 Å². The molecule has 2 N–H and O–H groups in total. The SMILES string of the molecule is CC(CNS(=O)(=O)c1cccc(O)c1)N(C)C1CC1. The van der Waals surface area contributed by atoms with Gasteiger partial charge >= 0.3 is 0 Å². The van der Waals surface area contributed by atoms with Gasteiger partial charge < -0.3 is 5.11 Å². The van der Waals surface area contributed by atoms with Crippen LogP contribution in [-0.4, -0.2) is 44.1 Å². The maximum Gasteiger partial charge on any atom is 0.240 e. The Morgan fingerprint density at radius 2 is 2.16 bits per heavy atom. The third-order valence-corrected chi connectivity index (χ3v) is 4.94. The lowest BCUT2D eigenvalue weighted by Gasteiger charge is -2.24. The van der Waals surface area contributed by atoms with E-state index in [0.717, 1.165) is 0 Å². The Morgan fingerprint density at radius 3 is 2.74 bits per heavy atom. The number of phenols is 1. The zero-order valence-corrected chi connectivity index (χ0v) is 12.0. The van der Waals surface area contributed by atoms with Crippen molar-refractivity contribution in [1.29, 1.82) is 0 Å². The van der Waals surface area contributed by atoms with Gasteiger partial charge in [-0.1, -0.05) is 6.07 Å². The maximum absolute atomic E-state index is 12.1. The van der Waals surface area contributed by atoms with Crippen LogP contribution in [0.2, 0.25) is 0 Å². The van der Waals surface area contributed by atoms with Crippen molar-refractivity contribution < 1.29 is 13.5 Å². The molecule has 1 atom stereocenters. The number of sulfonamides is 1. The molecule has 1 saturated carbocycles. The number of nitrogens with one attached hydrogen (secondary N) is 1. The normalized spacial score (nSPS) is 17.6. The molecule has 1 aromatic carbocycles. The second-order valence-corrected chi connectivity index (χ2v) is 6.86. The molecule has 0 aromatic heterocycles. The van der Waals surface area contributed by atoms with Gasteiger partial charge in [-0.15, -0.1) is 0 Å². The molecular formula is C13H20N2O3S. The minimum absolute atomic E-state index is 0.0500. The van der Waals surface area contributed by atoms with Crippen molar-refractivity contribution in [3.63, 3.8) is 0 Å². The Hall–Kier alpha value is -1.11. The highest BCUT2D eigenvalue weighted by Crippen LogP contribution is 2.26. The first-order valence-corrected chi connectivity index (χ1v) is 7.89. The Morgan fingerprint density at radius 1 is 1.47 bits per heavy atom. The summed E-state index contributed by atoms with van der Waals surface area (Å²) in [5, 5.41) is 9.32. The molecule has 0 aliphatic heterocycles. The number of rotatable bonds is 6. The zero-order valence-electron chi connectivity index (χ0n) is 11.2. The fourth-order valence-electron chi connectivity index (χ4n) is 1.95. The largest absolute Gasteiger partial charge is 0.508 e. The third-order valence-electron chi connectivity index (χ3n) is 3.51. The van der Waals surface area contributed by atoms with Gasteiger partial charge in [-0.05, 0) is 45.0 Å². The number of nitrogens with zero attached hydrogens (tertiary/aromatic N) is 1. The Kier molecular flexibility index (Phi) is 4.13. The van der Waals surface area contributed by atoms with Crippen LogP contribution in [0.4, 0.5) is 0 Å². The lowest BCUT2D eigenvalue weighted by molar-refractivity contribution is 0.248. The van der Waals surface area contributed by atoms with Crippen molar-refractivity contribution in [3.05, 3.63) is 24.3 Å². The van der Waals surface area contributed by atoms with E-state index in [4.69, 9.17) is 0 Å². The summed E-state index contributed by atoms with van der Waals surface area (Å²) in [5.74, 6) is -0.0500. The Bertz CT molecular complexity index is 541. The molecule has 0 saturated heterocycles. The molecule has 2 rings (SSSR count). The monoisotopic (exact) mass is 284 g/mol. The van der Waals surface area contributed by atoms with E-state index in [1.807, 2.05) is 14.0 Å². The van der Waals surface area contributed by atoms with Gasteiger partial charge in [-0.3, -0.25) is 4.90 Å². The Labute approximate surface area is 114 Å². The second kappa shape index (κ2) is 5.48. The summed E-state index contributed by atoms with van der Waals surface area (Å²) >= 11 is 0. The smallest absolute Gasteiger partial charge is 0.240 e. The van der Waals surface area contributed by atoms with E-state index in [1.54, 1.807) is 0 Å². The first kappa shape index (κ1) is 14.3. The van der Waals surface area contributed by atoms with Gasteiger partial charge in [0.05, 0.1) is 4.90 Å². The minimum Gasteiger partial charge on any atom is -0.508 e. The molecule has 1 aliphatic rings. The van der Waals surface area contributed by atoms with E-state index in [2.05, 4.69) is 9.62 Å². The van der Waals surface area contributed by atoms with Crippen LogP contribution < -0.4 is 4.72 Å². The first-order valence-electron chi connectivity index (χ1n) is 6.41. The van der Waals surface area contributed by atoms with Gasteiger partial charge in [0, 0.05) is 18.6 Å². The van der Waals surface area contributed by atoms with E-state index < -0.39 is 10.0 Å². The third kappa shape index (κ3) is 3.68. The van der Waals surface area contributed by atoms with Crippen LogP contribution in [0, 0.1) is 0 Å². The van der Waals surface area contributed by atoms with Crippen LogP contribution in [0.15, 0.2) is 29.2 Å². The molecule has 106 valence electrons. The minimum atomic E-state index is -3.55. The van der Waals surface area contributed by atoms with E-state index in [1.165, 1.54) is 37.1 Å². The molecule has 1 aliphatic carbocycles. The zero-order chi connectivity index (χ0) is 14.0. The maximum atomic E-state index is 12.1. The highest BCUT2D eigenvalue weighted by atomic mass is 32.2. The lowest BCUT2D eigenvalue weighted by atomic mass is 10.3. The molecule has 19 heavy (non-hydrogen) atoms. The summed E-state index contributed by atoms with van der Waals surface area (Å²) in [5.41, 5.74) is 0. The van der Waals surface area contributed by atoms with Crippen molar-refractivity contribution in [2.75, 3.05) is 13.6 Å². The van der Waals surface area contributed by atoms with Gasteiger partial charge in [0.25, 0.3) is 0 Å². The van der Waals surface area contributed by atoms with Crippen molar-refractivity contribution in [2.24, 2.45) is 0 Å². The number of benzene rings is 1. The number of phenolic OH excluding ortho intramolecular Hbond substituents is 1. The summed E-state index contributed by atoms with van der Waals surface area (Å²) in [7, 11) is -1.53. The Balaban J connectivity index is 1.97. The van der Waals surface area contributed by atoms with E-state index in [-0.39, 0.29) is 16.7 Å². The van der Waals surface area contributed by atoms with E-state index >= 15 is 0 Å². The topological polar surface area (TPSA) is 69.6 Å². The van der Waals surface area contributed by atoms with Crippen LogP contribution in [0.3, 0.4) is 0 Å². The molecule has 0 spiro atoms. The highest BCUT2D eigenvalue weighted by molar-refractivity contribution is 7.89. The second-order valence-electron chi connectivity index (χ2n) is 5.09. The van der Waals surface area contributed by atoms with Crippen LogP contribution in [0.1, 0.15) is 19.8 Å². The van der Waals surface area contributed by atoms with Crippen LogP contribution >= 0.6 is 0 Å². The summed E-state index contributed by atoms with van der Waals surface area (Å²) in [4.78, 5) is 2.29. The van der Waals surface area contributed by atoms with E-state index in [0.29, 0.717) is 12.6 Å². The van der Waals surface area contributed by atoms with Gasteiger partial charge in [-0.2, -0.15) is 0 Å². The fourth-order valence-corrected chi connectivity index (χ4v) is 3.11. The highest BCUT2D eigenvalue weighted by Gasteiger charge is 2.29. The number of aromatic hydroxyl groups is 1. The summed E-state index contributed by atoms with van der Waals surface area (Å²) in [6.45, 7) is 2.37. The summed E-state index contributed by atoms with van der Waals surface area (Å²) in [6, 6.07) is 6.43. The molecule has 1 aromatic rings. The predicted octanol–water partition coefficient (Wildman–Crippen LogP) is 1.15. The molecule has 0 amide bonds. The van der Waals surface area contributed by atoms with Crippen LogP contribution in [0.5, 0.6) is 5.75 Å². The van der Waals surface area contributed by atoms with Gasteiger partial charge in [0.15, 0.2) is 0 Å². The molecule has 1 fully saturated rings. The molecule has 6 heteroatoms. The molecule has 0 radical (unpaired) electrons. The van der Waals surface area contributed by atoms with Gasteiger partial charge in [0.1, 0.15) is 5.75 Å². The molecule has 0 heterocycles. The molecule has 5 nitrogen and oxygen atoms in total. The molecule has 1 unspecified atom stereocenters. The molecule has 0 bridgehead atoms. The first-order chi connectivity index (χ1) is 8.90. The van der Waals surface area contributed by atoms with Crippen molar-refractivity contribution in [1.82, 2.24) is 9.62 Å². The molecular weight excluding hydrogens is 264 g/mol. The van der Waals surface area contributed by atoms with Crippen molar-refractivity contribution in [2.45, 2.75) is 36.7 Å². The van der Waals surface area contributed by atoms with Crippen molar-refractivity contribution >= 4 is 10.0 Å². The summed E-state index contributed by atoms with van der Waals surface area (Å²) < 4.78 is 26.7. The van der Waals surface area contributed by atoms with Crippen LogP contribution in [0.25, 0.3) is 0 Å². The summed E-state index contributed by atoms with van der Waals surface area (Å²) in [6.07, 6.45) is 2.39. The predicted molar refractivity (Wildman–Crippen MR) is 73.5 cm³/mol.